The van der Waals surface area contributed by atoms with Gasteiger partial charge in [0.05, 0.1) is 10.4 Å². The zero-order valence-corrected chi connectivity index (χ0v) is 21.4. The number of sulfonamides is 1. The van der Waals surface area contributed by atoms with Crippen LogP contribution in [0.1, 0.15) is 76.1 Å². The molecule has 1 saturated heterocycles. The third-order valence-electron chi connectivity index (χ3n) is 7.86. The van der Waals surface area contributed by atoms with Gasteiger partial charge in [-0.15, -0.1) is 0 Å². The van der Waals surface area contributed by atoms with E-state index in [-0.39, 0.29) is 27.8 Å². The highest BCUT2D eigenvalue weighted by Gasteiger charge is 2.30. The molecule has 2 aromatic rings. The number of carbonyl (C=O) groups is 1. The average Bonchev–Trinajstić information content (AvgIpc) is 3.12. The number of hydrogen-bond acceptors (Lipinski definition) is 4. The molecule has 1 aromatic heterocycles. The molecule has 7 nitrogen and oxygen atoms in total. The van der Waals surface area contributed by atoms with Crippen molar-refractivity contribution < 1.29 is 13.2 Å². The zero-order chi connectivity index (χ0) is 24.5. The van der Waals surface area contributed by atoms with Crippen molar-refractivity contribution in [3.8, 4) is 0 Å². The van der Waals surface area contributed by atoms with E-state index in [2.05, 4.69) is 19.2 Å². The van der Waals surface area contributed by atoms with Crippen LogP contribution in [0.5, 0.6) is 0 Å². The van der Waals surface area contributed by atoms with E-state index in [1.807, 2.05) is 11.5 Å². The van der Waals surface area contributed by atoms with E-state index in [9.17, 15) is 18.0 Å². The Bertz CT molecular complexity index is 1210. The first-order valence-corrected chi connectivity index (χ1v) is 14.2. The number of fused-ring (bicyclic) bond motifs is 1. The van der Waals surface area contributed by atoms with Crippen LogP contribution < -0.4 is 10.7 Å². The summed E-state index contributed by atoms with van der Waals surface area (Å²) in [5, 5.41) is 3.37. The molecule has 4 rings (SSSR count). The molecule has 1 saturated carbocycles. The molecular weight excluding hydrogens is 450 g/mol. The number of nitrogens with one attached hydrogen (secondary N) is 1. The van der Waals surface area contributed by atoms with E-state index in [1.165, 1.54) is 10.4 Å². The predicted molar refractivity (Wildman–Crippen MR) is 135 cm³/mol. The Labute approximate surface area is 202 Å². The van der Waals surface area contributed by atoms with Crippen molar-refractivity contribution in [2.75, 3.05) is 13.1 Å². The number of amides is 1. The van der Waals surface area contributed by atoms with Gasteiger partial charge in [0.1, 0.15) is 5.56 Å². The van der Waals surface area contributed by atoms with Crippen molar-refractivity contribution in [3.05, 3.63) is 40.2 Å². The minimum absolute atomic E-state index is 0.0381. The van der Waals surface area contributed by atoms with E-state index in [4.69, 9.17) is 0 Å². The summed E-state index contributed by atoms with van der Waals surface area (Å²) in [5.74, 6) is 0.493. The largest absolute Gasteiger partial charge is 0.349 e. The van der Waals surface area contributed by atoms with Crippen molar-refractivity contribution >= 4 is 26.8 Å². The maximum absolute atomic E-state index is 13.5. The third-order valence-corrected chi connectivity index (χ3v) is 9.76. The molecule has 0 radical (unpaired) electrons. The second-order valence-electron chi connectivity index (χ2n) is 10.0. The monoisotopic (exact) mass is 487 g/mol. The van der Waals surface area contributed by atoms with Gasteiger partial charge in [0.25, 0.3) is 5.91 Å². The van der Waals surface area contributed by atoms with E-state index >= 15 is 0 Å². The molecule has 34 heavy (non-hydrogen) atoms. The van der Waals surface area contributed by atoms with E-state index in [0.29, 0.717) is 37.0 Å². The quantitative estimate of drug-likeness (QED) is 0.687. The van der Waals surface area contributed by atoms with Gasteiger partial charge in [0.2, 0.25) is 15.5 Å². The molecule has 0 spiro atoms. The van der Waals surface area contributed by atoms with Crippen molar-refractivity contribution in [3.63, 3.8) is 0 Å². The molecule has 1 amide bonds. The first-order chi connectivity index (χ1) is 16.2. The predicted octanol–water partition coefficient (Wildman–Crippen LogP) is 4.14. The molecule has 3 atom stereocenters. The number of benzene rings is 1. The topological polar surface area (TPSA) is 88.5 Å². The van der Waals surface area contributed by atoms with Gasteiger partial charge in [-0.2, -0.15) is 4.31 Å². The normalized spacial score (nSPS) is 24.6. The molecule has 186 valence electrons. The molecule has 1 N–H and O–H groups in total. The van der Waals surface area contributed by atoms with Gasteiger partial charge in [-0.05, 0) is 56.2 Å². The fraction of sp³-hybridized carbons (Fsp3) is 0.615. The van der Waals surface area contributed by atoms with Crippen LogP contribution in [0.3, 0.4) is 0 Å². The molecule has 0 bridgehead atoms. The first kappa shape index (κ1) is 24.9. The van der Waals surface area contributed by atoms with Crippen molar-refractivity contribution in [1.82, 2.24) is 14.2 Å². The Kier molecular flexibility index (Phi) is 7.48. The van der Waals surface area contributed by atoms with Gasteiger partial charge in [-0.1, -0.05) is 39.5 Å². The molecule has 1 aromatic carbocycles. The number of pyridine rings is 1. The molecule has 1 aliphatic carbocycles. The molecule has 2 heterocycles. The number of hydrogen-bond donors (Lipinski definition) is 1. The Balaban J connectivity index is 1.72. The lowest BCUT2D eigenvalue weighted by Gasteiger charge is -2.34. The second-order valence-corrected chi connectivity index (χ2v) is 11.9. The van der Waals surface area contributed by atoms with Crippen molar-refractivity contribution in [2.24, 2.45) is 11.8 Å². The fourth-order valence-corrected chi connectivity index (χ4v) is 6.97. The first-order valence-electron chi connectivity index (χ1n) is 12.7. The van der Waals surface area contributed by atoms with E-state index < -0.39 is 15.5 Å². The SMILES string of the molecule is CCn1cc(C(=O)N[C@@H]2CCC[C@H](C)[C@@H]2C)c(=O)c2cc(S(=O)(=O)N3CCCCCC3)ccc21. The van der Waals surface area contributed by atoms with Crippen LogP contribution in [0.4, 0.5) is 0 Å². The lowest BCUT2D eigenvalue weighted by atomic mass is 9.78. The number of rotatable bonds is 5. The summed E-state index contributed by atoms with van der Waals surface area (Å²) < 4.78 is 30.0. The molecule has 8 heteroatoms. The summed E-state index contributed by atoms with van der Waals surface area (Å²) >= 11 is 0. The second kappa shape index (κ2) is 10.2. The smallest absolute Gasteiger partial charge is 0.256 e. The highest BCUT2D eigenvalue weighted by Crippen LogP contribution is 2.30. The van der Waals surface area contributed by atoms with Crippen LogP contribution in [0.2, 0.25) is 0 Å². The number of aromatic nitrogens is 1. The lowest BCUT2D eigenvalue weighted by Crippen LogP contribution is -2.45. The Morgan fingerprint density at radius 1 is 1.06 bits per heavy atom. The van der Waals surface area contributed by atoms with Gasteiger partial charge in [-0.25, -0.2) is 8.42 Å². The standard InChI is InChI=1S/C26H37N3O4S/c1-4-28-17-22(26(31)27-23-11-9-10-18(2)19(23)3)25(30)21-16-20(12-13-24(21)28)34(32,33)29-14-7-5-6-8-15-29/h12-13,16-19,23H,4-11,14-15H2,1-3H3,(H,27,31)/t18-,19-,23+/m0/s1. The van der Waals surface area contributed by atoms with E-state index in [0.717, 1.165) is 44.9 Å². The Morgan fingerprint density at radius 3 is 2.44 bits per heavy atom. The molecule has 1 aliphatic heterocycles. The Morgan fingerprint density at radius 2 is 1.76 bits per heavy atom. The van der Waals surface area contributed by atoms with Crippen LogP contribution in [-0.2, 0) is 16.6 Å². The molecular formula is C26H37N3O4S. The van der Waals surface area contributed by atoms with Crippen LogP contribution in [0.25, 0.3) is 10.9 Å². The molecule has 0 unspecified atom stereocenters. The van der Waals surface area contributed by atoms with Gasteiger partial charge in [0, 0.05) is 37.3 Å². The number of carbonyl (C=O) groups excluding carboxylic acids is 1. The zero-order valence-electron chi connectivity index (χ0n) is 20.5. The maximum Gasteiger partial charge on any atom is 0.256 e. The van der Waals surface area contributed by atoms with Crippen LogP contribution >= 0.6 is 0 Å². The lowest BCUT2D eigenvalue weighted by molar-refractivity contribution is 0.0889. The average molecular weight is 488 g/mol. The minimum Gasteiger partial charge on any atom is -0.349 e. The maximum atomic E-state index is 13.5. The summed E-state index contributed by atoms with van der Waals surface area (Å²) in [4.78, 5) is 26.8. The summed E-state index contributed by atoms with van der Waals surface area (Å²) in [5.41, 5.74) is 0.296. The van der Waals surface area contributed by atoms with Gasteiger partial charge >= 0.3 is 0 Å². The summed E-state index contributed by atoms with van der Waals surface area (Å²) in [6.07, 6.45) is 8.48. The Hall–Kier alpha value is -2.19. The van der Waals surface area contributed by atoms with Crippen molar-refractivity contribution in [1.29, 1.82) is 0 Å². The summed E-state index contributed by atoms with van der Waals surface area (Å²) in [6, 6.07) is 4.78. The molecule has 2 fully saturated rings. The molecule has 2 aliphatic rings. The van der Waals surface area contributed by atoms with Gasteiger partial charge in [0.15, 0.2) is 0 Å². The summed E-state index contributed by atoms with van der Waals surface area (Å²) in [6.45, 7) is 7.86. The number of aryl methyl sites for hydroxylation is 1. The minimum atomic E-state index is -3.70. The van der Waals surface area contributed by atoms with Crippen molar-refractivity contribution in [2.45, 2.75) is 83.2 Å². The summed E-state index contributed by atoms with van der Waals surface area (Å²) in [7, 11) is -3.70. The third kappa shape index (κ3) is 4.80. The van der Waals surface area contributed by atoms with Crippen LogP contribution in [0.15, 0.2) is 34.1 Å². The van der Waals surface area contributed by atoms with Crippen LogP contribution in [0, 0.1) is 11.8 Å². The highest BCUT2D eigenvalue weighted by atomic mass is 32.2. The highest BCUT2D eigenvalue weighted by molar-refractivity contribution is 7.89. The fourth-order valence-electron chi connectivity index (χ4n) is 5.42. The number of nitrogens with zero attached hydrogens (tertiary/aromatic N) is 2. The van der Waals surface area contributed by atoms with Crippen LogP contribution in [-0.4, -0.2) is 42.3 Å². The van der Waals surface area contributed by atoms with Gasteiger partial charge < -0.3 is 9.88 Å². The van der Waals surface area contributed by atoms with Gasteiger partial charge in [-0.3, -0.25) is 9.59 Å². The van der Waals surface area contributed by atoms with E-state index in [1.54, 1.807) is 18.3 Å².